The fraction of sp³-hybridized carbons (Fsp3) is 0.526. The van der Waals surface area contributed by atoms with E-state index in [9.17, 15) is 4.79 Å². The Morgan fingerprint density at radius 3 is 2.73 bits per heavy atom. The molecule has 2 aliphatic carbocycles. The third-order valence-corrected chi connectivity index (χ3v) is 7.05. The number of aromatic nitrogens is 3. The normalized spacial score (nSPS) is 24.2. The molecule has 2 fully saturated rings. The van der Waals surface area contributed by atoms with Crippen LogP contribution in [0.3, 0.4) is 0 Å². The van der Waals surface area contributed by atoms with Gasteiger partial charge < -0.3 is 9.88 Å². The van der Waals surface area contributed by atoms with E-state index in [4.69, 9.17) is 0 Å². The fourth-order valence-electron chi connectivity index (χ4n) is 4.29. The first-order valence-electron chi connectivity index (χ1n) is 9.25. The van der Waals surface area contributed by atoms with Gasteiger partial charge in [-0.3, -0.25) is 4.79 Å². The van der Waals surface area contributed by atoms with Crippen LogP contribution in [0.15, 0.2) is 33.9 Å². The van der Waals surface area contributed by atoms with Gasteiger partial charge in [0.25, 0.3) is 0 Å². The second-order valence-corrected chi connectivity index (χ2v) is 9.05. The number of nitrogens with zero attached hydrogens (tertiary/aromatic N) is 3. The van der Waals surface area contributed by atoms with Crippen LogP contribution in [0.2, 0.25) is 0 Å². The zero-order valence-corrected chi connectivity index (χ0v) is 17.2. The molecule has 2 aromatic rings. The summed E-state index contributed by atoms with van der Waals surface area (Å²) >= 11 is 4.93. The van der Waals surface area contributed by atoms with E-state index in [1.807, 2.05) is 24.3 Å². The largest absolute Gasteiger partial charge is 0.352 e. The minimum Gasteiger partial charge on any atom is -0.352 e. The molecule has 1 amide bonds. The van der Waals surface area contributed by atoms with Crippen LogP contribution in [0, 0.1) is 11.8 Å². The standard InChI is InChI=1S/C19H23BrN4OS/c1-2-24-18(13-5-7-15(20)8-6-13)22-23-19(24)26-11-17(25)21-16-10-12-3-4-14(16)9-12/h5-8,12,14,16H,2-4,9-11H2,1H3,(H,21,25)/t12-,14-,16+/m1/s1. The number of benzene rings is 1. The van der Waals surface area contributed by atoms with Gasteiger partial charge >= 0.3 is 0 Å². The van der Waals surface area contributed by atoms with Crippen LogP contribution in [-0.2, 0) is 11.3 Å². The third-order valence-electron chi connectivity index (χ3n) is 5.55. The van der Waals surface area contributed by atoms with Crippen molar-refractivity contribution in [2.24, 2.45) is 11.8 Å². The van der Waals surface area contributed by atoms with E-state index in [-0.39, 0.29) is 5.91 Å². The van der Waals surface area contributed by atoms with Crippen molar-refractivity contribution in [2.45, 2.75) is 50.4 Å². The molecule has 1 N–H and O–H groups in total. The van der Waals surface area contributed by atoms with Crippen molar-refractivity contribution in [2.75, 3.05) is 5.75 Å². The molecular weight excluding hydrogens is 412 g/mol. The van der Waals surface area contributed by atoms with Gasteiger partial charge in [-0.25, -0.2) is 0 Å². The first-order valence-corrected chi connectivity index (χ1v) is 11.0. The summed E-state index contributed by atoms with van der Waals surface area (Å²) < 4.78 is 3.11. The number of amides is 1. The van der Waals surface area contributed by atoms with Gasteiger partial charge in [-0.1, -0.05) is 46.2 Å². The van der Waals surface area contributed by atoms with Crippen molar-refractivity contribution in [1.29, 1.82) is 0 Å². The van der Waals surface area contributed by atoms with Gasteiger partial charge in [-0.15, -0.1) is 10.2 Å². The van der Waals surface area contributed by atoms with Gasteiger partial charge in [0, 0.05) is 22.6 Å². The van der Waals surface area contributed by atoms with E-state index < -0.39 is 0 Å². The maximum Gasteiger partial charge on any atom is 0.230 e. The first kappa shape index (κ1) is 18.0. The molecule has 1 aromatic heterocycles. The highest BCUT2D eigenvalue weighted by molar-refractivity contribution is 9.10. The Labute approximate surface area is 166 Å². The number of nitrogens with one attached hydrogen (secondary N) is 1. The Kier molecular flexibility index (Phi) is 5.36. The number of carbonyl (C=O) groups excluding carboxylic acids is 1. The molecular formula is C19H23BrN4OS. The molecule has 1 heterocycles. The van der Waals surface area contributed by atoms with E-state index in [1.165, 1.54) is 37.4 Å². The maximum absolute atomic E-state index is 12.4. The molecule has 1 aromatic carbocycles. The average Bonchev–Trinajstić information content (AvgIpc) is 3.35. The van der Waals surface area contributed by atoms with Crippen LogP contribution >= 0.6 is 27.7 Å². The lowest BCUT2D eigenvalue weighted by Crippen LogP contribution is -2.39. The summed E-state index contributed by atoms with van der Waals surface area (Å²) in [5, 5.41) is 12.7. The summed E-state index contributed by atoms with van der Waals surface area (Å²) in [6, 6.07) is 8.44. The Morgan fingerprint density at radius 1 is 1.27 bits per heavy atom. The van der Waals surface area contributed by atoms with Crippen molar-refractivity contribution in [1.82, 2.24) is 20.1 Å². The highest BCUT2D eigenvalue weighted by Gasteiger charge is 2.40. The van der Waals surface area contributed by atoms with Crippen molar-refractivity contribution in [3.05, 3.63) is 28.7 Å². The van der Waals surface area contributed by atoms with Crippen LogP contribution < -0.4 is 5.32 Å². The van der Waals surface area contributed by atoms with E-state index in [1.54, 1.807) is 0 Å². The fourth-order valence-corrected chi connectivity index (χ4v) is 5.37. The molecule has 7 heteroatoms. The highest BCUT2D eigenvalue weighted by Crippen LogP contribution is 2.44. The highest BCUT2D eigenvalue weighted by atomic mass is 79.9. The van der Waals surface area contributed by atoms with Gasteiger partial charge in [-0.05, 0) is 50.2 Å². The van der Waals surface area contributed by atoms with Crippen LogP contribution in [0.1, 0.15) is 32.6 Å². The van der Waals surface area contributed by atoms with E-state index in [0.717, 1.165) is 33.5 Å². The van der Waals surface area contributed by atoms with Crippen molar-refractivity contribution < 1.29 is 4.79 Å². The summed E-state index contributed by atoms with van der Waals surface area (Å²) in [5.41, 5.74) is 1.03. The molecule has 2 saturated carbocycles. The molecule has 0 aliphatic heterocycles. The summed E-state index contributed by atoms with van der Waals surface area (Å²) in [6.45, 7) is 2.85. The number of hydrogen-bond donors (Lipinski definition) is 1. The molecule has 0 radical (unpaired) electrons. The monoisotopic (exact) mass is 434 g/mol. The van der Waals surface area contributed by atoms with Gasteiger partial charge in [0.15, 0.2) is 11.0 Å². The lowest BCUT2D eigenvalue weighted by Gasteiger charge is -2.22. The zero-order valence-electron chi connectivity index (χ0n) is 14.8. The number of thioether (sulfide) groups is 1. The van der Waals surface area contributed by atoms with Crippen LogP contribution in [0.5, 0.6) is 0 Å². The molecule has 4 rings (SSSR count). The number of carbonyl (C=O) groups is 1. The second kappa shape index (κ2) is 7.72. The Bertz CT molecular complexity index is 791. The SMILES string of the molecule is CCn1c(SCC(=O)N[C@H]2C[C@@H]3CC[C@@H]2C3)nnc1-c1ccc(Br)cc1. The van der Waals surface area contributed by atoms with E-state index >= 15 is 0 Å². The predicted molar refractivity (Wildman–Crippen MR) is 107 cm³/mol. The minimum atomic E-state index is 0.114. The molecule has 0 unspecified atom stereocenters. The van der Waals surface area contributed by atoms with E-state index in [2.05, 4.69) is 42.9 Å². The van der Waals surface area contributed by atoms with Gasteiger partial charge in [0.2, 0.25) is 5.91 Å². The van der Waals surface area contributed by atoms with Crippen LogP contribution in [0.25, 0.3) is 11.4 Å². The number of hydrogen-bond acceptors (Lipinski definition) is 4. The summed E-state index contributed by atoms with van der Waals surface area (Å²) in [7, 11) is 0. The molecule has 138 valence electrons. The quantitative estimate of drug-likeness (QED) is 0.694. The first-order chi connectivity index (χ1) is 12.6. The predicted octanol–water partition coefficient (Wildman–Crippen LogP) is 4.12. The number of fused-ring (bicyclic) bond motifs is 2. The van der Waals surface area contributed by atoms with Crippen molar-refractivity contribution >= 4 is 33.6 Å². The number of halogens is 1. The topological polar surface area (TPSA) is 59.8 Å². The molecule has 0 spiro atoms. The number of rotatable bonds is 6. The van der Waals surface area contributed by atoms with Gasteiger partial charge in [0.1, 0.15) is 0 Å². The van der Waals surface area contributed by atoms with E-state index in [0.29, 0.717) is 17.7 Å². The van der Waals surface area contributed by atoms with Crippen LogP contribution in [-0.4, -0.2) is 32.5 Å². The smallest absolute Gasteiger partial charge is 0.230 e. The maximum atomic E-state index is 12.4. The zero-order chi connectivity index (χ0) is 18.1. The Morgan fingerprint density at radius 2 is 2.08 bits per heavy atom. The Hall–Kier alpha value is -1.34. The lowest BCUT2D eigenvalue weighted by atomic mass is 9.95. The van der Waals surface area contributed by atoms with Crippen molar-refractivity contribution in [3.63, 3.8) is 0 Å². The molecule has 2 aliphatic rings. The summed E-state index contributed by atoms with van der Waals surface area (Å²) in [4.78, 5) is 12.4. The van der Waals surface area contributed by atoms with Gasteiger partial charge in [0.05, 0.1) is 5.75 Å². The summed E-state index contributed by atoms with van der Waals surface area (Å²) in [5.74, 6) is 2.90. The van der Waals surface area contributed by atoms with Crippen LogP contribution in [0.4, 0.5) is 0 Å². The minimum absolute atomic E-state index is 0.114. The average molecular weight is 435 g/mol. The third kappa shape index (κ3) is 3.69. The molecule has 3 atom stereocenters. The lowest BCUT2D eigenvalue weighted by molar-refractivity contribution is -0.119. The molecule has 0 saturated heterocycles. The van der Waals surface area contributed by atoms with Crippen molar-refractivity contribution in [3.8, 4) is 11.4 Å². The van der Waals surface area contributed by atoms with Gasteiger partial charge in [-0.2, -0.15) is 0 Å². The molecule has 26 heavy (non-hydrogen) atoms. The molecule has 5 nitrogen and oxygen atoms in total. The second-order valence-electron chi connectivity index (χ2n) is 7.19. The summed E-state index contributed by atoms with van der Waals surface area (Å²) in [6.07, 6.45) is 5.10. The Balaban J connectivity index is 1.39. The molecule has 2 bridgehead atoms.